The van der Waals surface area contributed by atoms with Gasteiger partial charge in [0.15, 0.2) is 0 Å². The summed E-state index contributed by atoms with van der Waals surface area (Å²) >= 11 is 0.896. The average Bonchev–Trinajstić information content (AvgIpc) is 3.24. The van der Waals surface area contributed by atoms with Crippen LogP contribution in [0.5, 0.6) is 0 Å². The number of hydrogen-bond acceptors (Lipinski definition) is 7. The lowest BCUT2D eigenvalue weighted by molar-refractivity contribution is -0.139. The van der Waals surface area contributed by atoms with Gasteiger partial charge >= 0.3 is 5.97 Å². The highest BCUT2D eigenvalue weighted by Gasteiger charge is 2.22. The van der Waals surface area contributed by atoms with E-state index in [1.165, 1.54) is 19.5 Å². The number of nitriles is 1. The first-order valence-corrected chi connectivity index (χ1v) is 9.71. The van der Waals surface area contributed by atoms with Crippen LogP contribution in [0, 0.1) is 18.3 Å². The van der Waals surface area contributed by atoms with E-state index in [-0.39, 0.29) is 10.8 Å². The van der Waals surface area contributed by atoms with Crippen molar-refractivity contribution in [3.05, 3.63) is 40.5 Å². The van der Waals surface area contributed by atoms with Crippen LogP contribution in [0.1, 0.15) is 16.0 Å². The molecular weight excluding hydrogens is 376 g/mol. The molecule has 3 rings (SSSR count). The molecule has 0 aliphatic carbocycles. The fraction of sp³-hybridized carbons (Fsp3) is 0.188. The standard InChI is InChI=1S/C16H14N4O4S2/c1-9-3-4-12(15-14(9)10(6-17)7-18-15)20-26(22,23)16-19-8-11(25-16)5-13(21)24-2/h3-4,7-8,18,20H,5H2,1-2H3. The van der Waals surface area contributed by atoms with Crippen LogP contribution in [0.2, 0.25) is 0 Å². The Labute approximate surface area is 153 Å². The van der Waals surface area contributed by atoms with Gasteiger partial charge < -0.3 is 9.72 Å². The molecule has 0 aliphatic heterocycles. The summed E-state index contributed by atoms with van der Waals surface area (Å²) in [5.74, 6) is -0.471. The van der Waals surface area contributed by atoms with Crippen molar-refractivity contribution in [1.29, 1.82) is 5.26 Å². The lowest BCUT2D eigenvalue weighted by atomic mass is 10.1. The quantitative estimate of drug-likeness (QED) is 0.644. The highest BCUT2D eigenvalue weighted by molar-refractivity contribution is 7.94. The summed E-state index contributed by atoms with van der Waals surface area (Å²) in [5, 5.41) is 9.86. The number of esters is 1. The number of anilines is 1. The van der Waals surface area contributed by atoms with Gasteiger partial charge in [-0.3, -0.25) is 9.52 Å². The van der Waals surface area contributed by atoms with E-state index >= 15 is 0 Å². The number of thiazole rings is 1. The van der Waals surface area contributed by atoms with Crippen LogP contribution in [0.15, 0.2) is 28.9 Å². The lowest BCUT2D eigenvalue weighted by Crippen LogP contribution is -2.13. The van der Waals surface area contributed by atoms with Gasteiger partial charge in [0.25, 0.3) is 10.0 Å². The maximum Gasteiger partial charge on any atom is 0.310 e. The van der Waals surface area contributed by atoms with Crippen molar-refractivity contribution in [3.8, 4) is 6.07 Å². The lowest BCUT2D eigenvalue weighted by Gasteiger charge is -2.08. The predicted molar refractivity (Wildman–Crippen MR) is 96.4 cm³/mol. The molecule has 3 aromatic rings. The molecule has 0 amide bonds. The first kappa shape index (κ1) is 17.9. The largest absolute Gasteiger partial charge is 0.469 e. The highest BCUT2D eigenvalue weighted by atomic mass is 32.2. The third-order valence-electron chi connectivity index (χ3n) is 3.72. The van der Waals surface area contributed by atoms with E-state index in [1.807, 2.05) is 6.92 Å². The summed E-state index contributed by atoms with van der Waals surface area (Å²) in [6.07, 6.45) is 2.83. The van der Waals surface area contributed by atoms with Gasteiger partial charge in [0, 0.05) is 22.7 Å². The molecule has 0 fully saturated rings. The van der Waals surface area contributed by atoms with Crippen molar-refractivity contribution < 1.29 is 17.9 Å². The number of aryl methyl sites for hydroxylation is 1. The highest BCUT2D eigenvalue weighted by Crippen LogP contribution is 2.30. The number of carbonyl (C=O) groups excluding carboxylic acids is 1. The summed E-state index contributed by atoms with van der Waals surface area (Å²) in [7, 11) is -2.67. The van der Waals surface area contributed by atoms with E-state index in [4.69, 9.17) is 0 Å². The van der Waals surface area contributed by atoms with Crippen molar-refractivity contribution in [1.82, 2.24) is 9.97 Å². The number of H-pyrrole nitrogens is 1. The van der Waals surface area contributed by atoms with E-state index in [0.717, 1.165) is 16.9 Å². The number of nitrogens with zero attached hydrogens (tertiary/aromatic N) is 2. The molecule has 0 saturated carbocycles. The Morgan fingerprint density at radius 3 is 2.92 bits per heavy atom. The van der Waals surface area contributed by atoms with Gasteiger partial charge in [-0.25, -0.2) is 4.98 Å². The van der Waals surface area contributed by atoms with Gasteiger partial charge in [0.05, 0.1) is 30.3 Å². The van der Waals surface area contributed by atoms with Crippen LogP contribution in [0.4, 0.5) is 5.69 Å². The summed E-state index contributed by atoms with van der Waals surface area (Å²) in [5.41, 5.74) is 2.14. The number of hydrogen-bond donors (Lipinski definition) is 2. The summed E-state index contributed by atoms with van der Waals surface area (Å²) in [4.78, 5) is 18.6. The number of nitrogens with one attached hydrogen (secondary N) is 2. The van der Waals surface area contributed by atoms with Crippen molar-refractivity contribution in [2.45, 2.75) is 17.7 Å². The molecule has 1 aromatic carbocycles. The van der Waals surface area contributed by atoms with E-state index < -0.39 is 16.0 Å². The van der Waals surface area contributed by atoms with Crippen LogP contribution in [0.25, 0.3) is 10.9 Å². The second-order valence-electron chi connectivity index (χ2n) is 5.45. The van der Waals surface area contributed by atoms with Gasteiger partial charge in [0.2, 0.25) is 4.34 Å². The van der Waals surface area contributed by atoms with Gasteiger partial charge in [-0.05, 0) is 18.6 Å². The fourth-order valence-corrected chi connectivity index (χ4v) is 4.74. The van der Waals surface area contributed by atoms with Crippen LogP contribution in [-0.2, 0) is 26.0 Å². The van der Waals surface area contributed by atoms with E-state index in [1.54, 1.807) is 12.1 Å². The predicted octanol–water partition coefficient (Wildman–Crippen LogP) is 2.32. The van der Waals surface area contributed by atoms with Crippen molar-refractivity contribution in [3.63, 3.8) is 0 Å². The maximum absolute atomic E-state index is 12.6. The number of carbonyl (C=O) groups is 1. The zero-order chi connectivity index (χ0) is 18.9. The maximum atomic E-state index is 12.6. The molecule has 8 nitrogen and oxygen atoms in total. The first-order valence-electron chi connectivity index (χ1n) is 7.41. The third kappa shape index (κ3) is 3.26. The van der Waals surface area contributed by atoms with Crippen LogP contribution < -0.4 is 4.72 Å². The van der Waals surface area contributed by atoms with Gasteiger partial charge in [-0.15, -0.1) is 11.3 Å². The van der Waals surface area contributed by atoms with Gasteiger partial charge in [0.1, 0.15) is 6.07 Å². The Morgan fingerprint density at radius 1 is 1.46 bits per heavy atom. The zero-order valence-corrected chi connectivity index (χ0v) is 15.5. The minimum absolute atomic E-state index is 0.0411. The molecule has 0 saturated heterocycles. The van der Waals surface area contributed by atoms with Gasteiger partial charge in [-0.2, -0.15) is 13.7 Å². The average molecular weight is 390 g/mol. The van der Waals surface area contributed by atoms with Crippen molar-refractivity contribution >= 4 is 43.9 Å². The summed E-state index contributed by atoms with van der Waals surface area (Å²) < 4.78 is 32.1. The second kappa shape index (κ2) is 6.78. The van der Waals surface area contributed by atoms with Crippen LogP contribution in [0.3, 0.4) is 0 Å². The zero-order valence-electron chi connectivity index (χ0n) is 13.9. The van der Waals surface area contributed by atoms with Crippen LogP contribution in [-0.4, -0.2) is 31.5 Å². The minimum atomic E-state index is -3.93. The molecule has 134 valence electrons. The molecule has 0 spiro atoms. The molecule has 0 unspecified atom stereocenters. The molecule has 0 bridgehead atoms. The normalized spacial score (nSPS) is 11.3. The van der Waals surface area contributed by atoms with Crippen molar-refractivity contribution in [2.24, 2.45) is 0 Å². The van der Waals surface area contributed by atoms with E-state index in [9.17, 15) is 18.5 Å². The number of aromatic nitrogens is 2. The fourth-order valence-electron chi connectivity index (χ4n) is 2.49. The number of ether oxygens (including phenoxy) is 1. The van der Waals surface area contributed by atoms with E-state index in [2.05, 4.69) is 25.5 Å². The number of rotatable bonds is 5. The Morgan fingerprint density at radius 2 is 2.23 bits per heavy atom. The molecule has 2 heterocycles. The third-order valence-corrected chi connectivity index (χ3v) is 6.47. The molecular formula is C16H14N4O4S2. The van der Waals surface area contributed by atoms with Crippen molar-refractivity contribution in [2.75, 3.05) is 11.8 Å². The number of aromatic amines is 1. The molecule has 26 heavy (non-hydrogen) atoms. The topological polar surface area (TPSA) is 125 Å². The Balaban J connectivity index is 1.95. The first-order chi connectivity index (χ1) is 12.4. The Kier molecular flexibility index (Phi) is 4.67. The number of fused-ring (bicyclic) bond motifs is 1. The number of benzene rings is 1. The second-order valence-corrected chi connectivity index (χ2v) is 8.42. The number of methoxy groups -OCH3 is 1. The SMILES string of the molecule is COC(=O)Cc1cnc(S(=O)(=O)Nc2ccc(C)c3c(C#N)c[nH]c23)s1. The van der Waals surface area contributed by atoms with E-state index in [0.29, 0.717) is 27.0 Å². The monoisotopic (exact) mass is 390 g/mol. The Hall–Kier alpha value is -2.90. The minimum Gasteiger partial charge on any atom is -0.469 e. The van der Waals surface area contributed by atoms with Gasteiger partial charge in [-0.1, -0.05) is 6.07 Å². The molecule has 0 atom stereocenters. The summed E-state index contributed by atoms with van der Waals surface area (Å²) in [6.45, 7) is 1.84. The Bertz CT molecular complexity index is 1140. The molecule has 2 aromatic heterocycles. The molecule has 0 aliphatic rings. The smallest absolute Gasteiger partial charge is 0.310 e. The number of sulfonamides is 1. The molecule has 0 radical (unpaired) electrons. The van der Waals surface area contributed by atoms with Crippen LogP contribution >= 0.6 is 11.3 Å². The molecule has 10 heteroatoms. The molecule has 2 N–H and O–H groups in total. The summed E-state index contributed by atoms with van der Waals surface area (Å²) in [6, 6.07) is 5.43.